The molecule has 8 heteroatoms. The molecule has 0 aromatic rings. The van der Waals surface area contributed by atoms with Crippen LogP contribution < -0.4 is 5.32 Å². The van der Waals surface area contributed by atoms with E-state index < -0.39 is 23.9 Å². The fourth-order valence-electron chi connectivity index (χ4n) is 1.06. The van der Waals surface area contributed by atoms with E-state index in [1.54, 1.807) is 0 Å². The molecular formula is C11H17NO6S. The molecule has 0 aromatic carbocycles. The second-order valence-electron chi connectivity index (χ2n) is 3.74. The van der Waals surface area contributed by atoms with Crippen LogP contribution in [0.25, 0.3) is 0 Å². The first-order chi connectivity index (χ1) is 8.82. The van der Waals surface area contributed by atoms with Crippen molar-refractivity contribution in [2.45, 2.75) is 26.3 Å². The van der Waals surface area contributed by atoms with Crippen molar-refractivity contribution in [3.8, 4) is 0 Å². The van der Waals surface area contributed by atoms with E-state index in [1.165, 1.54) is 25.6 Å². The van der Waals surface area contributed by atoms with Crippen LogP contribution in [0.4, 0.5) is 0 Å². The van der Waals surface area contributed by atoms with Crippen LogP contribution in [0.1, 0.15) is 20.3 Å². The summed E-state index contributed by atoms with van der Waals surface area (Å²) in [5.41, 5.74) is 0. The van der Waals surface area contributed by atoms with Gasteiger partial charge in [0.25, 0.3) is 0 Å². The minimum Gasteiger partial charge on any atom is -0.480 e. The average Bonchev–Trinajstić information content (AvgIpc) is 2.29. The van der Waals surface area contributed by atoms with Gasteiger partial charge in [-0.25, -0.2) is 4.79 Å². The van der Waals surface area contributed by atoms with Gasteiger partial charge >= 0.3 is 11.9 Å². The molecular weight excluding hydrogens is 274 g/mol. The molecule has 0 heterocycles. The number of ether oxygens (including phenoxy) is 1. The molecule has 108 valence electrons. The molecule has 0 bridgehead atoms. The SMILES string of the molecule is CC(=O)N[C@@H](CSCCC(=O)COC(C)=O)C(=O)O. The third-order valence-corrected chi connectivity index (χ3v) is 2.98. The summed E-state index contributed by atoms with van der Waals surface area (Å²) in [5.74, 6) is -1.70. The Bertz CT molecular complexity index is 357. The van der Waals surface area contributed by atoms with Gasteiger partial charge in [-0.05, 0) is 0 Å². The van der Waals surface area contributed by atoms with Crippen molar-refractivity contribution in [1.82, 2.24) is 5.32 Å². The number of thioether (sulfide) groups is 1. The number of rotatable bonds is 9. The van der Waals surface area contributed by atoms with Gasteiger partial charge in [0.15, 0.2) is 5.78 Å². The monoisotopic (exact) mass is 291 g/mol. The van der Waals surface area contributed by atoms with E-state index in [1.807, 2.05) is 0 Å². The van der Waals surface area contributed by atoms with Crippen molar-refractivity contribution >= 4 is 35.4 Å². The highest BCUT2D eigenvalue weighted by Gasteiger charge is 2.18. The summed E-state index contributed by atoms with van der Waals surface area (Å²) in [5, 5.41) is 11.1. The zero-order valence-corrected chi connectivity index (χ0v) is 11.6. The maximum Gasteiger partial charge on any atom is 0.327 e. The number of Topliss-reactive ketones (excluding diaryl/α,β-unsaturated/α-hetero) is 1. The first-order valence-corrected chi connectivity index (χ1v) is 6.71. The number of esters is 1. The van der Waals surface area contributed by atoms with Gasteiger partial charge in [-0.3, -0.25) is 14.4 Å². The zero-order valence-electron chi connectivity index (χ0n) is 10.8. The fourth-order valence-corrected chi connectivity index (χ4v) is 2.06. The van der Waals surface area contributed by atoms with Crippen molar-refractivity contribution in [3.05, 3.63) is 0 Å². The number of hydrogen-bond acceptors (Lipinski definition) is 6. The van der Waals surface area contributed by atoms with E-state index in [0.29, 0.717) is 5.75 Å². The van der Waals surface area contributed by atoms with Crippen molar-refractivity contribution in [2.24, 2.45) is 0 Å². The molecule has 19 heavy (non-hydrogen) atoms. The highest BCUT2D eigenvalue weighted by Crippen LogP contribution is 2.06. The Labute approximate surface area is 115 Å². The van der Waals surface area contributed by atoms with E-state index in [-0.39, 0.29) is 24.6 Å². The van der Waals surface area contributed by atoms with Gasteiger partial charge in [-0.2, -0.15) is 11.8 Å². The molecule has 0 radical (unpaired) electrons. The van der Waals surface area contributed by atoms with Crippen LogP contribution in [-0.4, -0.2) is 52.9 Å². The smallest absolute Gasteiger partial charge is 0.327 e. The second kappa shape index (κ2) is 9.37. The van der Waals surface area contributed by atoms with Crippen molar-refractivity contribution in [1.29, 1.82) is 0 Å². The lowest BCUT2D eigenvalue weighted by Crippen LogP contribution is -2.41. The summed E-state index contributed by atoms with van der Waals surface area (Å²) >= 11 is 1.24. The predicted octanol–water partition coefficient (Wildman–Crippen LogP) is -0.169. The zero-order chi connectivity index (χ0) is 14.8. The third-order valence-electron chi connectivity index (χ3n) is 1.92. The normalized spacial score (nSPS) is 11.5. The van der Waals surface area contributed by atoms with Crippen LogP contribution in [0.2, 0.25) is 0 Å². The predicted molar refractivity (Wildman–Crippen MR) is 68.8 cm³/mol. The van der Waals surface area contributed by atoms with Crippen LogP contribution in [0, 0.1) is 0 Å². The van der Waals surface area contributed by atoms with Gasteiger partial charge in [0.1, 0.15) is 12.6 Å². The molecule has 0 unspecified atom stereocenters. The second-order valence-corrected chi connectivity index (χ2v) is 4.89. The number of hydrogen-bond donors (Lipinski definition) is 2. The summed E-state index contributed by atoms with van der Waals surface area (Å²) in [4.78, 5) is 43.2. The van der Waals surface area contributed by atoms with Crippen molar-refractivity contribution < 1.29 is 29.0 Å². The number of aliphatic carboxylic acids is 1. The Morgan fingerprint density at radius 2 is 1.89 bits per heavy atom. The van der Waals surface area contributed by atoms with Crippen LogP contribution in [-0.2, 0) is 23.9 Å². The molecule has 0 fully saturated rings. The lowest BCUT2D eigenvalue weighted by molar-refractivity contribution is -0.145. The molecule has 1 amide bonds. The molecule has 2 N–H and O–H groups in total. The lowest BCUT2D eigenvalue weighted by atomic mass is 10.3. The van der Waals surface area contributed by atoms with Gasteiger partial charge in [0, 0.05) is 31.8 Å². The van der Waals surface area contributed by atoms with Gasteiger partial charge in [0.05, 0.1) is 0 Å². The molecule has 0 saturated carbocycles. The molecule has 0 aliphatic rings. The van der Waals surface area contributed by atoms with E-state index in [0.717, 1.165) is 0 Å². The Hall–Kier alpha value is -1.57. The number of nitrogens with one attached hydrogen (secondary N) is 1. The maximum absolute atomic E-state index is 11.2. The maximum atomic E-state index is 11.2. The van der Waals surface area contributed by atoms with Gasteiger partial charge in [-0.1, -0.05) is 0 Å². The first kappa shape index (κ1) is 17.4. The number of carboxylic acids is 1. The van der Waals surface area contributed by atoms with Crippen LogP contribution in [0.15, 0.2) is 0 Å². The number of carbonyl (C=O) groups is 4. The Morgan fingerprint density at radius 3 is 2.37 bits per heavy atom. The van der Waals surface area contributed by atoms with Gasteiger partial charge < -0.3 is 15.2 Å². The summed E-state index contributed by atoms with van der Waals surface area (Å²) in [6, 6.07) is -0.967. The van der Waals surface area contributed by atoms with E-state index >= 15 is 0 Å². The molecule has 0 spiro atoms. The Kier molecular flexibility index (Phi) is 8.60. The molecule has 7 nitrogen and oxygen atoms in total. The number of carbonyl (C=O) groups excluding carboxylic acids is 3. The highest BCUT2D eigenvalue weighted by atomic mass is 32.2. The first-order valence-electron chi connectivity index (χ1n) is 5.55. The molecule has 0 saturated heterocycles. The number of ketones is 1. The largest absolute Gasteiger partial charge is 0.480 e. The number of amides is 1. The minimum atomic E-state index is -1.12. The highest BCUT2D eigenvalue weighted by molar-refractivity contribution is 7.99. The van der Waals surface area contributed by atoms with Crippen LogP contribution in [0.3, 0.4) is 0 Å². The molecule has 0 aromatic heterocycles. The van der Waals surface area contributed by atoms with Crippen molar-refractivity contribution in [3.63, 3.8) is 0 Å². The molecule has 1 atom stereocenters. The summed E-state index contributed by atoms with van der Waals surface area (Å²) in [6.45, 7) is 2.19. The Balaban J connectivity index is 3.81. The van der Waals surface area contributed by atoms with Crippen LogP contribution in [0.5, 0.6) is 0 Å². The summed E-state index contributed by atoms with van der Waals surface area (Å²) < 4.78 is 4.52. The third kappa shape index (κ3) is 10.1. The fraction of sp³-hybridized carbons (Fsp3) is 0.636. The summed E-state index contributed by atoms with van der Waals surface area (Å²) in [7, 11) is 0. The van der Waals surface area contributed by atoms with E-state index in [2.05, 4.69) is 10.1 Å². The van der Waals surface area contributed by atoms with E-state index in [4.69, 9.17) is 5.11 Å². The average molecular weight is 291 g/mol. The molecule has 0 aliphatic carbocycles. The van der Waals surface area contributed by atoms with E-state index in [9.17, 15) is 19.2 Å². The quantitative estimate of drug-likeness (QED) is 0.448. The molecule has 0 aliphatic heterocycles. The van der Waals surface area contributed by atoms with Crippen LogP contribution >= 0.6 is 11.8 Å². The summed E-state index contributed by atoms with van der Waals surface area (Å²) in [6.07, 6.45) is 0.185. The minimum absolute atomic E-state index is 0.176. The lowest BCUT2D eigenvalue weighted by Gasteiger charge is -2.12. The van der Waals surface area contributed by atoms with Gasteiger partial charge in [-0.15, -0.1) is 0 Å². The van der Waals surface area contributed by atoms with Gasteiger partial charge in [0.2, 0.25) is 5.91 Å². The standard InChI is InChI=1S/C11H17NO6S/c1-7(13)12-10(11(16)17)6-19-4-3-9(15)5-18-8(2)14/h10H,3-6H2,1-2H3,(H,12,13)(H,16,17)/t10-/m0/s1. The Morgan fingerprint density at radius 1 is 1.26 bits per heavy atom. The number of carboxylic acid groups (broad SMARTS) is 1. The van der Waals surface area contributed by atoms with Crippen molar-refractivity contribution in [2.75, 3.05) is 18.1 Å². The molecule has 0 rings (SSSR count). The topological polar surface area (TPSA) is 110 Å².